The number of fused-ring (bicyclic) bond motifs is 1. The number of aryl methyl sites for hydroxylation is 3. The highest BCUT2D eigenvalue weighted by Gasteiger charge is 2.13. The minimum Gasteiger partial charge on any atom is -0.431 e. The summed E-state index contributed by atoms with van der Waals surface area (Å²) in [5.74, 6) is 0. The fraction of sp³-hybridized carbons (Fsp3) is 0.231. The van der Waals surface area contributed by atoms with E-state index in [-0.39, 0.29) is 0 Å². The maximum Gasteiger partial charge on any atom is 0.261 e. The summed E-state index contributed by atoms with van der Waals surface area (Å²) < 4.78 is 5.72. The molecule has 3 aromatic rings. The van der Waals surface area contributed by atoms with Crippen LogP contribution < -0.4 is 0 Å². The molecule has 0 aliphatic rings. The van der Waals surface area contributed by atoms with Gasteiger partial charge in [0, 0.05) is 5.69 Å². The summed E-state index contributed by atoms with van der Waals surface area (Å²) in [5.41, 5.74) is 4.91. The summed E-state index contributed by atoms with van der Waals surface area (Å²) in [6.07, 6.45) is 0. The normalized spacial score (nSPS) is 11.3. The van der Waals surface area contributed by atoms with Crippen LogP contribution in [0.2, 0.25) is 0 Å². The van der Waals surface area contributed by atoms with Crippen molar-refractivity contribution in [2.75, 3.05) is 0 Å². The van der Waals surface area contributed by atoms with Crippen molar-refractivity contribution < 1.29 is 4.42 Å². The predicted molar refractivity (Wildman–Crippen MR) is 70.9 cm³/mol. The van der Waals surface area contributed by atoms with Gasteiger partial charge in [-0.25, -0.2) is 4.98 Å². The maximum atomic E-state index is 5.72. The lowest BCUT2D eigenvalue weighted by Gasteiger charge is -1.94. The molecule has 0 bridgehead atoms. The lowest BCUT2D eigenvalue weighted by molar-refractivity contribution is 0.489. The van der Waals surface area contributed by atoms with Crippen LogP contribution in [0.3, 0.4) is 0 Å². The summed E-state index contributed by atoms with van der Waals surface area (Å²) in [6, 6.07) is 6.01. The first-order chi connectivity index (χ1) is 8.63. The highest BCUT2D eigenvalue weighted by atomic mass is 32.2. The van der Waals surface area contributed by atoms with Crippen molar-refractivity contribution in [3.05, 3.63) is 35.2 Å². The van der Waals surface area contributed by atoms with Gasteiger partial charge >= 0.3 is 0 Å². The van der Waals surface area contributed by atoms with Crippen LogP contribution in [0.1, 0.15) is 17.0 Å². The van der Waals surface area contributed by atoms with Gasteiger partial charge in [0.25, 0.3) is 5.22 Å². The largest absolute Gasteiger partial charge is 0.431 e. The van der Waals surface area contributed by atoms with E-state index in [9.17, 15) is 0 Å². The Morgan fingerprint density at radius 2 is 2.06 bits per heavy atom. The lowest BCUT2D eigenvalue weighted by Crippen LogP contribution is -1.77. The Kier molecular flexibility index (Phi) is 2.63. The number of nitrogens with zero attached hydrogens (tertiary/aromatic N) is 2. The predicted octanol–water partition coefficient (Wildman–Crippen LogP) is 3.63. The van der Waals surface area contributed by atoms with E-state index in [1.807, 2.05) is 39.0 Å². The van der Waals surface area contributed by atoms with Crippen LogP contribution in [0.15, 0.2) is 32.7 Å². The number of aromatic nitrogens is 3. The van der Waals surface area contributed by atoms with Crippen molar-refractivity contribution in [2.24, 2.45) is 0 Å². The average Bonchev–Trinajstić information content (AvgIpc) is 2.86. The second kappa shape index (κ2) is 4.17. The third-order valence-corrected chi connectivity index (χ3v) is 3.93. The number of benzene rings is 1. The first kappa shape index (κ1) is 11.3. The molecule has 2 heterocycles. The Morgan fingerprint density at radius 1 is 1.22 bits per heavy atom. The first-order valence-electron chi connectivity index (χ1n) is 5.70. The Hall–Kier alpha value is -1.75. The van der Waals surface area contributed by atoms with Crippen LogP contribution >= 0.6 is 11.8 Å². The summed E-state index contributed by atoms with van der Waals surface area (Å²) in [6.45, 7) is 6.01. The Balaban J connectivity index is 2.00. The van der Waals surface area contributed by atoms with Crippen LogP contribution in [0.25, 0.3) is 11.1 Å². The number of rotatable bonds is 2. The maximum absolute atomic E-state index is 5.72. The van der Waals surface area contributed by atoms with Crippen LogP contribution in [-0.4, -0.2) is 15.2 Å². The molecule has 0 radical (unpaired) electrons. The van der Waals surface area contributed by atoms with E-state index in [4.69, 9.17) is 4.42 Å². The first-order valence-corrected chi connectivity index (χ1v) is 6.52. The number of nitrogens with one attached hydrogen (secondary N) is 1. The average molecular weight is 259 g/mol. The molecule has 0 saturated heterocycles. The monoisotopic (exact) mass is 259 g/mol. The summed E-state index contributed by atoms with van der Waals surface area (Å²) in [4.78, 5) is 5.57. The number of H-pyrrole nitrogens is 1. The Labute approximate surface area is 109 Å². The molecule has 0 spiro atoms. The number of hydrogen-bond donors (Lipinski definition) is 1. The second-order valence-electron chi connectivity index (χ2n) is 4.32. The fourth-order valence-electron chi connectivity index (χ4n) is 1.84. The summed E-state index contributed by atoms with van der Waals surface area (Å²) >= 11 is 1.51. The van der Waals surface area contributed by atoms with E-state index in [1.54, 1.807) is 0 Å². The SMILES string of the molecule is Cc1ccc2oc(Sc3c(C)n[nH]c3C)nc2c1. The Bertz CT molecular complexity index is 695. The van der Waals surface area contributed by atoms with Gasteiger partial charge in [0.2, 0.25) is 0 Å². The quantitative estimate of drug-likeness (QED) is 0.763. The van der Waals surface area contributed by atoms with E-state index in [1.165, 1.54) is 17.3 Å². The van der Waals surface area contributed by atoms with Crippen molar-refractivity contribution in [3.63, 3.8) is 0 Å². The van der Waals surface area contributed by atoms with Crippen molar-refractivity contribution in [3.8, 4) is 0 Å². The molecule has 1 N–H and O–H groups in total. The highest BCUT2D eigenvalue weighted by Crippen LogP contribution is 2.33. The molecular weight excluding hydrogens is 246 g/mol. The van der Waals surface area contributed by atoms with Gasteiger partial charge in [0.05, 0.1) is 10.6 Å². The van der Waals surface area contributed by atoms with E-state index in [2.05, 4.69) is 15.2 Å². The lowest BCUT2D eigenvalue weighted by atomic mass is 10.2. The zero-order valence-corrected chi connectivity index (χ0v) is 11.3. The fourth-order valence-corrected chi connectivity index (χ4v) is 2.68. The van der Waals surface area contributed by atoms with Gasteiger partial charge in [0.15, 0.2) is 5.58 Å². The zero-order valence-electron chi connectivity index (χ0n) is 10.4. The number of oxazole rings is 1. The van der Waals surface area contributed by atoms with E-state index >= 15 is 0 Å². The highest BCUT2D eigenvalue weighted by molar-refractivity contribution is 7.99. The molecule has 5 heteroatoms. The molecule has 0 amide bonds. The van der Waals surface area contributed by atoms with Gasteiger partial charge in [-0.15, -0.1) is 0 Å². The third kappa shape index (κ3) is 1.90. The van der Waals surface area contributed by atoms with E-state index < -0.39 is 0 Å². The van der Waals surface area contributed by atoms with Crippen LogP contribution in [-0.2, 0) is 0 Å². The molecule has 4 nitrogen and oxygen atoms in total. The number of hydrogen-bond acceptors (Lipinski definition) is 4. The van der Waals surface area contributed by atoms with Gasteiger partial charge < -0.3 is 4.42 Å². The van der Waals surface area contributed by atoms with Crippen molar-refractivity contribution in [1.29, 1.82) is 0 Å². The van der Waals surface area contributed by atoms with Gasteiger partial charge in [-0.3, -0.25) is 5.10 Å². The molecule has 1 aromatic carbocycles. The molecule has 3 rings (SSSR count). The molecule has 0 saturated carbocycles. The van der Waals surface area contributed by atoms with Crippen molar-refractivity contribution in [2.45, 2.75) is 30.9 Å². The van der Waals surface area contributed by atoms with Gasteiger partial charge in [-0.2, -0.15) is 5.10 Å². The molecule has 0 aliphatic carbocycles. The van der Waals surface area contributed by atoms with Gasteiger partial charge in [-0.05, 0) is 50.2 Å². The molecule has 0 unspecified atom stereocenters. The standard InChI is InChI=1S/C13H13N3OS/c1-7-4-5-11-10(6-7)14-13(17-11)18-12-8(2)15-16-9(12)3/h4-6H,1-3H3,(H,15,16). The van der Waals surface area contributed by atoms with Gasteiger partial charge in [-0.1, -0.05) is 6.07 Å². The van der Waals surface area contributed by atoms with E-state index in [0.29, 0.717) is 5.22 Å². The molecule has 0 aliphatic heterocycles. The number of aromatic amines is 1. The molecule has 0 fully saturated rings. The molecule has 92 valence electrons. The molecular formula is C13H13N3OS. The second-order valence-corrected chi connectivity index (χ2v) is 5.28. The van der Waals surface area contributed by atoms with Crippen molar-refractivity contribution >= 4 is 22.9 Å². The minimum absolute atomic E-state index is 0.656. The third-order valence-electron chi connectivity index (χ3n) is 2.77. The Morgan fingerprint density at radius 3 is 2.78 bits per heavy atom. The summed E-state index contributed by atoms with van der Waals surface area (Å²) in [7, 11) is 0. The molecule has 18 heavy (non-hydrogen) atoms. The summed E-state index contributed by atoms with van der Waals surface area (Å²) in [5, 5.41) is 7.78. The topological polar surface area (TPSA) is 54.7 Å². The van der Waals surface area contributed by atoms with Crippen LogP contribution in [0, 0.1) is 20.8 Å². The minimum atomic E-state index is 0.656. The zero-order chi connectivity index (χ0) is 12.7. The van der Waals surface area contributed by atoms with Crippen LogP contribution in [0.4, 0.5) is 0 Å². The molecule has 0 atom stereocenters. The van der Waals surface area contributed by atoms with Crippen LogP contribution in [0.5, 0.6) is 0 Å². The molecule has 2 aromatic heterocycles. The van der Waals surface area contributed by atoms with Crippen molar-refractivity contribution in [1.82, 2.24) is 15.2 Å². The van der Waals surface area contributed by atoms with Gasteiger partial charge in [0.1, 0.15) is 5.52 Å². The van der Waals surface area contributed by atoms with E-state index in [0.717, 1.165) is 27.4 Å². The smallest absolute Gasteiger partial charge is 0.261 e.